The third-order valence-electron chi connectivity index (χ3n) is 4.06. The second kappa shape index (κ2) is 6.57. The number of aryl methyl sites for hydroxylation is 1. The number of hydrogen-bond acceptors (Lipinski definition) is 4. The molecule has 128 valence electrons. The highest BCUT2D eigenvalue weighted by molar-refractivity contribution is 6.21. The highest BCUT2D eigenvalue weighted by Gasteiger charge is 2.32. The van der Waals surface area contributed by atoms with E-state index in [0.717, 1.165) is 5.56 Å². The molecule has 1 heterocycles. The SMILES string of the molecule is CC(=O)CN1C(=O)C(N)N=C(c2ccccc2F)c2cccc(C)c21. The lowest BCUT2D eigenvalue weighted by molar-refractivity contribution is -0.122. The third kappa shape index (κ3) is 3.08. The van der Waals surface area contributed by atoms with Gasteiger partial charge in [0.15, 0.2) is 6.17 Å². The number of nitrogens with two attached hydrogens (primary N) is 1. The fourth-order valence-corrected chi connectivity index (χ4v) is 2.99. The zero-order valence-corrected chi connectivity index (χ0v) is 14.0. The van der Waals surface area contributed by atoms with Crippen molar-refractivity contribution in [3.8, 4) is 0 Å². The summed E-state index contributed by atoms with van der Waals surface area (Å²) in [5, 5.41) is 0. The van der Waals surface area contributed by atoms with Crippen molar-refractivity contribution in [3.05, 3.63) is 65.0 Å². The van der Waals surface area contributed by atoms with E-state index in [1.807, 2.05) is 13.0 Å². The van der Waals surface area contributed by atoms with Crippen LogP contribution in [0.4, 0.5) is 10.1 Å². The molecule has 0 saturated carbocycles. The summed E-state index contributed by atoms with van der Waals surface area (Å²) >= 11 is 0. The van der Waals surface area contributed by atoms with E-state index in [4.69, 9.17) is 5.73 Å². The minimum Gasteiger partial charge on any atom is -0.302 e. The molecule has 0 radical (unpaired) electrons. The summed E-state index contributed by atoms with van der Waals surface area (Å²) in [5.74, 6) is -1.12. The molecule has 1 aliphatic rings. The Balaban J connectivity index is 2.29. The van der Waals surface area contributed by atoms with E-state index in [1.165, 1.54) is 17.9 Å². The van der Waals surface area contributed by atoms with Crippen LogP contribution in [0.2, 0.25) is 0 Å². The lowest BCUT2D eigenvalue weighted by Gasteiger charge is -2.25. The molecule has 0 aliphatic carbocycles. The summed E-state index contributed by atoms with van der Waals surface area (Å²) in [6.45, 7) is 3.12. The second-order valence-corrected chi connectivity index (χ2v) is 6.00. The summed E-state index contributed by atoms with van der Waals surface area (Å²) < 4.78 is 14.4. The van der Waals surface area contributed by atoms with Gasteiger partial charge in [0.1, 0.15) is 11.6 Å². The lowest BCUT2D eigenvalue weighted by atomic mass is 9.97. The molecule has 6 heteroatoms. The summed E-state index contributed by atoms with van der Waals surface area (Å²) in [6, 6.07) is 11.6. The Morgan fingerprint density at radius 2 is 1.88 bits per heavy atom. The Bertz CT molecular complexity index is 892. The Morgan fingerprint density at radius 1 is 1.20 bits per heavy atom. The van der Waals surface area contributed by atoms with E-state index in [1.54, 1.807) is 30.3 Å². The van der Waals surface area contributed by atoms with E-state index >= 15 is 0 Å². The van der Waals surface area contributed by atoms with Gasteiger partial charge in [-0.15, -0.1) is 0 Å². The maximum absolute atomic E-state index is 14.4. The van der Waals surface area contributed by atoms with E-state index in [0.29, 0.717) is 17.0 Å². The summed E-state index contributed by atoms with van der Waals surface area (Å²) in [7, 11) is 0. The van der Waals surface area contributed by atoms with E-state index < -0.39 is 17.9 Å². The zero-order chi connectivity index (χ0) is 18.1. The largest absolute Gasteiger partial charge is 0.302 e. The van der Waals surface area contributed by atoms with Crippen LogP contribution in [0.25, 0.3) is 0 Å². The molecule has 1 atom stereocenters. The van der Waals surface area contributed by atoms with E-state index in [-0.39, 0.29) is 17.9 Å². The lowest BCUT2D eigenvalue weighted by Crippen LogP contribution is -2.44. The van der Waals surface area contributed by atoms with Crippen LogP contribution in [0, 0.1) is 12.7 Å². The fourth-order valence-electron chi connectivity index (χ4n) is 2.99. The minimum absolute atomic E-state index is 0.107. The number of amides is 1. The smallest absolute Gasteiger partial charge is 0.266 e. The van der Waals surface area contributed by atoms with Crippen molar-refractivity contribution in [2.45, 2.75) is 20.0 Å². The molecule has 0 saturated heterocycles. The number of carbonyl (C=O) groups excluding carboxylic acids is 2. The van der Waals surface area contributed by atoms with Gasteiger partial charge in [-0.25, -0.2) is 4.39 Å². The highest BCUT2D eigenvalue weighted by atomic mass is 19.1. The number of hydrogen-bond donors (Lipinski definition) is 1. The Labute approximate surface area is 145 Å². The molecule has 2 aromatic rings. The number of para-hydroxylation sites is 1. The summed E-state index contributed by atoms with van der Waals surface area (Å²) in [6.07, 6.45) is -1.21. The average Bonchev–Trinajstić information content (AvgIpc) is 2.66. The number of ketones is 1. The molecule has 5 nitrogen and oxygen atoms in total. The maximum atomic E-state index is 14.4. The van der Waals surface area contributed by atoms with Crippen LogP contribution in [0.1, 0.15) is 23.6 Å². The van der Waals surface area contributed by atoms with Gasteiger partial charge in [-0.2, -0.15) is 0 Å². The quantitative estimate of drug-likeness (QED) is 0.931. The first-order chi connectivity index (χ1) is 11.9. The monoisotopic (exact) mass is 339 g/mol. The first-order valence-corrected chi connectivity index (χ1v) is 7.89. The van der Waals surface area contributed by atoms with Crippen LogP contribution in [0.5, 0.6) is 0 Å². The van der Waals surface area contributed by atoms with Crippen molar-refractivity contribution in [1.29, 1.82) is 0 Å². The maximum Gasteiger partial charge on any atom is 0.266 e. The van der Waals surface area contributed by atoms with E-state index in [9.17, 15) is 14.0 Å². The van der Waals surface area contributed by atoms with Gasteiger partial charge in [0.2, 0.25) is 0 Å². The number of fused-ring (bicyclic) bond motifs is 1. The molecule has 0 bridgehead atoms. The molecule has 2 aromatic carbocycles. The van der Waals surface area contributed by atoms with Crippen LogP contribution in [-0.4, -0.2) is 30.1 Å². The van der Waals surface area contributed by atoms with Gasteiger partial charge in [0, 0.05) is 11.1 Å². The van der Waals surface area contributed by atoms with Gasteiger partial charge < -0.3 is 10.6 Å². The van der Waals surface area contributed by atoms with Crippen molar-refractivity contribution >= 4 is 23.1 Å². The molecule has 0 spiro atoms. The molecule has 2 N–H and O–H groups in total. The molecular weight excluding hydrogens is 321 g/mol. The predicted octanol–water partition coefficient (Wildman–Crippen LogP) is 2.19. The Hall–Kier alpha value is -2.86. The van der Waals surface area contributed by atoms with Crippen LogP contribution in [-0.2, 0) is 9.59 Å². The topological polar surface area (TPSA) is 75.8 Å². The number of rotatable bonds is 3. The highest BCUT2D eigenvalue weighted by Crippen LogP contribution is 2.31. The number of aliphatic imine (C=N–C) groups is 1. The van der Waals surface area contributed by atoms with Crippen molar-refractivity contribution in [2.24, 2.45) is 10.7 Å². The molecule has 0 aromatic heterocycles. The van der Waals surface area contributed by atoms with Crippen molar-refractivity contribution in [3.63, 3.8) is 0 Å². The molecule has 1 unspecified atom stereocenters. The van der Waals surface area contributed by atoms with Crippen molar-refractivity contribution < 1.29 is 14.0 Å². The number of benzene rings is 2. The van der Waals surface area contributed by atoms with Crippen LogP contribution >= 0.6 is 0 Å². The van der Waals surface area contributed by atoms with Gasteiger partial charge in [-0.05, 0) is 31.5 Å². The second-order valence-electron chi connectivity index (χ2n) is 6.00. The number of carbonyl (C=O) groups is 2. The Kier molecular flexibility index (Phi) is 4.46. The van der Waals surface area contributed by atoms with Crippen LogP contribution < -0.4 is 10.6 Å². The van der Waals surface area contributed by atoms with Crippen LogP contribution in [0.15, 0.2) is 47.5 Å². The predicted molar refractivity (Wildman–Crippen MR) is 94.2 cm³/mol. The van der Waals surface area contributed by atoms with Crippen LogP contribution in [0.3, 0.4) is 0 Å². The fraction of sp³-hybridized carbons (Fsp3) is 0.211. The zero-order valence-electron chi connectivity index (χ0n) is 14.0. The number of benzodiazepines with no additional fused rings is 1. The normalized spacial score (nSPS) is 17.0. The van der Waals surface area contributed by atoms with E-state index in [2.05, 4.69) is 4.99 Å². The molecule has 1 amide bonds. The Morgan fingerprint density at radius 3 is 2.56 bits per heavy atom. The first-order valence-electron chi connectivity index (χ1n) is 7.89. The average molecular weight is 339 g/mol. The minimum atomic E-state index is -1.21. The first kappa shape index (κ1) is 17.0. The van der Waals surface area contributed by atoms with Gasteiger partial charge in [-0.3, -0.25) is 14.6 Å². The summed E-state index contributed by atoms with van der Waals surface area (Å²) in [5.41, 5.74) is 8.41. The standard InChI is InChI=1S/C19H18FN3O2/c1-11-6-5-8-14-16(13-7-3-4-9-15(13)20)22-18(21)19(25)23(17(11)14)10-12(2)24/h3-9,18H,10,21H2,1-2H3. The molecule has 3 rings (SSSR count). The molecule has 0 fully saturated rings. The molecule has 25 heavy (non-hydrogen) atoms. The van der Waals surface area contributed by atoms with Gasteiger partial charge in [0.25, 0.3) is 5.91 Å². The summed E-state index contributed by atoms with van der Waals surface area (Å²) in [4.78, 5) is 30.0. The van der Waals surface area contributed by atoms with Gasteiger partial charge >= 0.3 is 0 Å². The molecular formula is C19H18FN3O2. The van der Waals surface area contributed by atoms with Crippen molar-refractivity contribution in [2.75, 3.05) is 11.4 Å². The van der Waals surface area contributed by atoms with Gasteiger partial charge in [0.05, 0.1) is 17.9 Å². The number of Topliss-reactive ketones (excluding diaryl/α,β-unsaturated/α-hetero) is 1. The third-order valence-corrected chi connectivity index (χ3v) is 4.06. The number of halogens is 1. The van der Waals surface area contributed by atoms with Gasteiger partial charge in [-0.1, -0.05) is 30.3 Å². The number of anilines is 1. The molecule has 1 aliphatic heterocycles. The number of nitrogens with zero attached hydrogens (tertiary/aromatic N) is 2. The van der Waals surface area contributed by atoms with Crippen molar-refractivity contribution in [1.82, 2.24) is 0 Å².